The Labute approximate surface area is 175 Å². The molecule has 170 valence electrons. The van der Waals surface area contributed by atoms with Gasteiger partial charge in [0.25, 0.3) is 0 Å². The van der Waals surface area contributed by atoms with Crippen LogP contribution in [0.3, 0.4) is 0 Å². The van der Waals surface area contributed by atoms with E-state index in [1.54, 1.807) is 12.1 Å². The fourth-order valence-corrected chi connectivity index (χ4v) is 2.48. The van der Waals surface area contributed by atoms with Gasteiger partial charge in [-0.2, -0.15) is 0 Å². The van der Waals surface area contributed by atoms with E-state index in [4.69, 9.17) is 31.9 Å². The standard InChI is InChI=1S/C9H11NO3.C6H13NO2.C5H9NO2/c10-8(9(12)13)5-6-1-3-7(11)4-2-6;1-4(2)3-5(7)6(8)9;7-5(8)4-2-1-3-6-4/h1-4,8,11H,5,10H2,(H,12,13);4-5H,3,7H2,1-2H3,(H,8,9);4,6H,1-3H2,(H,7,8)/t8-;5-;4-/m000/s1. The van der Waals surface area contributed by atoms with Crippen molar-refractivity contribution in [3.63, 3.8) is 0 Å². The molecule has 1 aliphatic rings. The van der Waals surface area contributed by atoms with Crippen molar-refractivity contribution in [1.82, 2.24) is 5.32 Å². The summed E-state index contributed by atoms with van der Waals surface area (Å²) in [6.45, 7) is 4.75. The maximum Gasteiger partial charge on any atom is 0.320 e. The molecule has 1 heterocycles. The van der Waals surface area contributed by atoms with Crippen molar-refractivity contribution in [3.8, 4) is 5.75 Å². The summed E-state index contributed by atoms with van der Waals surface area (Å²) in [6, 6.07) is 4.47. The highest BCUT2D eigenvalue weighted by Crippen LogP contribution is 2.10. The van der Waals surface area contributed by atoms with Crippen LogP contribution in [0.15, 0.2) is 24.3 Å². The van der Waals surface area contributed by atoms with Crippen LogP contribution >= 0.6 is 0 Å². The minimum atomic E-state index is -1.02. The summed E-state index contributed by atoms with van der Waals surface area (Å²) in [6.07, 6.45) is 2.61. The van der Waals surface area contributed by atoms with E-state index in [0.29, 0.717) is 12.3 Å². The highest BCUT2D eigenvalue weighted by Gasteiger charge is 2.20. The molecule has 1 fully saturated rings. The first-order chi connectivity index (χ1) is 13.9. The van der Waals surface area contributed by atoms with E-state index in [1.165, 1.54) is 12.1 Å². The molecule has 9 N–H and O–H groups in total. The lowest BCUT2D eigenvalue weighted by Gasteiger charge is -2.07. The molecule has 1 aromatic carbocycles. The minimum Gasteiger partial charge on any atom is -0.508 e. The number of phenolic OH excluding ortho intramolecular Hbond substituents is 1. The smallest absolute Gasteiger partial charge is 0.320 e. The molecule has 10 heteroatoms. The van der Waals surface area contributed by atoms with Crippen molar-refractivity contribution in [2.45, 2.75) is 57.7 Å². The molecular formula is C20H33N3O7. The second-order valence-electron chi connectivity index (χ2n) is 7.38. The minimum absolute atomic E-state index is 0.160. The van der Waals surface area contributed by atoms with Gasteiger partial charge in [0.05, 0.1) is 0 Å². The molecule has 0 unspecified atom stereocenters. The number of carboxylic acids is 3. The van der Waals surface area contributed by atoms with E-state index < -0.39 is 30.0 Å². The molecule has 0 saturated carbocycles. The lowest BCUT2D eigenvalue weighted by molar-refractivity contribution is -0.139. The Morgan fingerprint density at radius 3 is 1.87 bits per heavy atom. The molecule has 0 amide bonds. The van der Waals surface area contributed by atoms with Gasteiger partial charge in [0, 0.05) is 0 Å². The summed E-state index contributed by atoms with van der Waals surface area (Å²) in [5.41, 5.74) is 11.3. The molecule has 3 atom stereocenters. The normalized spacial score (nSPS) is 17.0. The number of nitrogens with one attached hydrogen (secondary N) is 1. The highest BCUT2D eigenvalue weighted by atomic mass is 16.4. The maximum atomic E-state index is 10.4. The van der Waals surface area contributed by atoms with E-state index in [0.717, 1.165) is 24.9 Å². The number of carbonyl (C=O) groups is 3. The average Bonchev–Trinajstić information content (AvgIpc) is 3.19. The molecule has 2 rings (SSSR count). The zero-order valence-electron chi connectivity index (χ0n) is 17.3. The fraction of sp³-hybridized carbons (Fsp3) is 0.550. The van der Waals surface area contributed by atoms with E-state index in [9.17, 15) is 14.4 Å². The predicted molar refractivity (Wildman–Crippen MR) is 111 cm³/mol. The van der Waals surface area contributed by atoms with Gasteiger partial charge in [0.15, 0.2) is 0 Å². The average molecular weight is 427 g/mol. The fourth-order valence-electron chi connectivity index (χ4n) is 2.48. The first-order valence-corrected chi connectivity index (χ1v) is 9.64. The quantitative estimate of drug-likeness (QED) is 0.324. The van der Waals surface area contributed by atoms with Crippen LogP contribution in [0.25, 0.3) is 0 Å². The molecule has 30 heavy (non-hydrogen) atoms. The van der Waals surface area contributed by atoms with Crippen LogP contribution in [0, 0.1) is 5.92 Å². The Kier molecular flexibility index (Phi) is 13.0. The predicted octanol–water partition coefficient (Wildman–Crippen LogP) is 0.614. The van der Waals surface area contributed by atoms with Gasteiger partial charge >= 0.3 is 17.9 Å². The number of aliphatic carboxylic acids is 3. The number of carboxylic acid groups (broad SMARTS) is 3. The second kappa shape index (κ2) is 14.3. The molecule has 1 saturated heterocycles. The van der Waals surface area contributed by atoms with Gasteiger partial charge in [-0.25, -0.2) is 0 Å². The number of rotatable bonds is 7. The number of phenols is 1. The molecular weight excluding hydrogens is 394 g/mol. The van der Waals surface area contributed by atoms with E-state index in [-0.39, 0.29) is 18.2 Å². The van der Waals surface area contributed by atoms with Crippen molar-refractivity contribution < 1.29 is 34.8 Å². The molecule has 0 spiro atoms. The number of hydrogen-bond acceptors (Lipinski definition) is 7. The third kappa shape index (κ3) is 12.7. The molecule has 0 aromatic heterocycles. The summed E-state index contributed by atoms with van der Waals surface area (Å²) in [4.78, 5) is 30.6. The van der Waals surface area contributed by atoms with Crippen molar-refractivity contribution in [2.75, 3.05) is 6.54 Å². The van der Waals surface area contributed by atoms with Gasteiger partial charge in [0.1, 0.15) is 23.9 Å². The number of nitrogens with two attached hydrogens (primary N) is 2. The maximum absolute atomic E-state index is 10.4. The van der Waals surface area contributed by atoms with Gasteiger partial charge < -0.3 is 37.2 Å². The Morgan fingerprint density at radius 1 is 1.03 bits per heavy atom. The van der Waals surface area contributed by atoms with Crippen LogP contribution in [-0.2, 0) is 20.8 Å². The van der Waals surface area contributed by atoms with Crippen molar-refractivity contribution in [3.05, 3.63) is 29.8 Å². The number of hydrogen-bond donors (Lipinski definition) is 7. The van der Waals surface area contributed by atoms with Crippen molar-refractivity contribution in [1.29, 1.82) is 0 Å². The summed E-state index contributed by atoms with van der Waals surface area (Å²) in [5, 5.41) is 37.0. The molecule has 1 aliphatic heterocycles. The second-order valence-corrected chi connectivity index (χ2v) is 7.38. The molecule has 1 aromatic rings. The largest absolute Gasteiger partial charge is 0.508 e. The first-order valence-electron chi connectivity index (χ1n) is 9.64. The SMILES string of the molecule is CC(C)C[C@H](N)C(=O)O.N[C@@H](Cc1ccc(O)cc1)C(=O)O.O=C(O)[C@@H]1CCCN1. The summed E-state index contributed by atoms with van der Waals surface area (Å²) in [7, 11) is 0. The van der Waals surface area contributed by atoms with Crippen LogP contribution < -0.4 is 16.8 Å². The zero-order valence-corrected chi connectivity index (χ0v) is 17.3. The lowest BCUT2D eigenvalue weighted by Crippen LogP contribution is -2.32. The summed E-state index contributed by atoms with van der Waals surface area (Å²) in [5.74, 6) is -2.14. The summed E-state index contributed by atoms with van der Waals surface area (Å²) >= 11 is 0. The van der Waals surface area contributed by atoms with Gasteiger partial charge in [-0.15, -0.1) is 0 Å². The number of aromatic hydroxyl groups is 1. The van der Waals surface area contributed by atoms with Gasteiger partial charge in [-0.1, -0.05) is 26.0 Å². The first kappa shape index (κ1) is 27.3. The van der Waals surface area contributed by atoms with Gasteiger partial charge in [-0.05, 0) is 55.8 Å². The Hall–Kier alpha value is -2.69. The van der Waals surface area contributed by atoms with Gasteiger partial charge in [0.2, 0.25) is 0 Å². The third-order valence-electron chi connectivity index (χ3n) is 4.11. The molecule has 0 bridgehead atoms. The Morgan fingerprint density at radius 2 is 1.57 bits per heavy atom. The van der Waals surface area contributed by atoms with E-state index in [2.05, 4.69) is 5.32 Å². The van der Waals surface area contributed by atoms with Crippen LogP contribution in [0.2, 0.25) is 0 Å². The molecule has 0 radical (unpaired) electrons. The lowest BCUT2D eigenvalue weighted by atomic mass is 10.1. The Balaban J connectivity index is 0.000000438. The van der Waals surface area contributed by atoms with Crippen LogP contribution in [0.5, 0.6) is 5.75 Å². The molecule has 10 nitrogen and oxygen atoms in total. The zero-order chi connectivity index (χ0) is 23.3. The van der Waals surface area contributed by atoms with Crippen molar-refractivity contribution >= 4 is 17.9 Å². The topological polar surface area (TPSA) is 196 Å². The van der Waals surface area contributed by atoms with Crippen molar-refractivity contribution in [2.24, 2.45) is 17.4 Å². The highest BCUT2D eigenvalue weighted by molar-refractivity contribution is 5.74. The van der Waals surface area contributed by atoms with E-state index in [1.807, 2.05) is 13.8 Å². The van der Waals surface area contributed by atoms with Crippen LogP contribution in [-0.4, -0.2) is 63.0 Å². The van der Waals surface area contributed by atoms with Crippen LogP contribution in [0.1, 0.15) is 38.7 Å². The molecule has 0 aliphatic carbocycles. The van der Waals surface area contributed by atoms with Crippen LogP contribution in [0.4, 0.5) is 0 Å². The number of benzene rings is 1. The Bertz CT molecular complexity index is 659. The third-order valence-corrected chi connectivity index (χ3v) is 4.11. The monoisotopic (exact) mass is 427 g/mol. The van der Waals surface area contributed by atoms with Gasteiger partial charge in [-0.3, -0.25) is 14.4 Å². The summed E-state index contributed by atoms with van der Waals surface area (Å²) < 4.78 is 0. The van der Waals surface area contributed by atoms with E-state index >= 15 is 0 Å².